The maximum absolute atomic E-state index is 13.4. The third-order valence-electron chi connectivity index (χ3n) is 6.07. The molecule has 2 aliphatic rings. The Kier molecular flexibility index (Phi) is 5.36. The zero-order chi connectivity index (χ0) is 21.4. The minimum Gasteiger partial charge on any atom is -0.494 e. The highest BCUT2D eigenvalue weighted by molar-refractivity contribution is 7.18. The molecule has 3 aromatic rings. The summed E-state index contributed by atoms with van der Waals surface area (Å²) in [6.45, 7) is 3.69. The monoisotopic (exact) mass is 435 g/mol. The minimum atomic E-state index is -0.311. The number of likely N-dealkylation sites (tertiary alicyclic amines) is 1. The van der Waals surface area contributed by atoms with Crippen LogP contribution in [-0.4, -0.2) is 41.4 Å². The molecule has 160 valence electrons. The van der Waals surface area contributed by atoms with Crippen LogP contribution in [0.5, 0.6) is 5.75 Å². The Balaban J connectivity index is 1.32. The van der Waals surface area contributed by atoms with E-state index in [1.54, 1.807) is 16.2 Å². The van der Waals surface area contributed by atoms with Gasteiger partial charge in [0.05, 0.1) is 28.8 Å². The Morgan fingerprint density at radius 2 is 2.00 bits per heavy atom. The van der Waals surface area contributed by atoms with Crippen LogP contribution in [0.3, 0.4) is 0 Å². The lowest BCUT2D eigenvalue weighted by Crippen LogP contribution is -2.37. The second-order valence-corrected chi connectivity index (χ2v) is 9.10. The first-order valence-corrected chi connectivity index (χ1v) is 11.6. The minimum absolute atomic E-state index is 0.00163. The van der Waals surface area contributed by atoms with Crippen LogP contribution in [-0.2, 0) is 9.59 Å². The third kappa shape index (κ3) is 3.78. The van der Waals surface area contributed by atoms with Crippen molar-refractivity contribution in [3.05, 3.63) is 53.5 Å². The van der Waals surface area contributed by atoms with E-state index >= 15 is 0 Å². The van der Waals surface area contributed by atoms with Gasteiger partial charge < -0.3 is 14.5 Å². The summed E-state index contributed by atoms with van der Waals surface area (Å²) >= 11 is 1.67. The first-order chi connectivity index (χ1) is 15.1. The Labute approximate surface area is 185 Å². The number of nitrogens with zero attached hydrogens (tertiary/aromatic N) is 3. The van der Waals surface area contributed by atoms with E-state index in [4.69, 9.17) is 9.72 Å². The molecule has 0 radical (unpaired) electrons. The number of hydrogen-bond acceptors (Lipinski definition) is 5. The number of carbonyl (C=O) groups is 2. The molecule has 0 saturated carbocycles. The van der Waals surface area contributed by atoms with Crippen LogP contribution >= 0.6 is 11.3 Å². The van der Waals surface area contributed by atoms with E-state index < -0.39 is 0 Å². The van der Waals surface area contributed by atoms with Crippen molar-refractivity contribution in [1.29, 1.82) is 0 Å². The Morgan fingerprint density at radius 1 is 1.19 bits per heavy atom. The van der Waals surface area contributed by atoms with Crippen molar-refractivity contribution in [3.8, 4) is 5.75 Å². The first kappa shape index (κ1) is 20.0. The fourth-order valence-corrected chi connectivity index (χ4v) is 5.68. The molecule has 6 nitrogen and oxygen atoms in total. The van der Waals surface area contributed by atoms with Gasteiger partial charge in [-0.25, -0.2) is 4.98 Å². The number of ether oxygens (including phenoxy) is 1. The van der Waals surface area contributed by atoms with Gasteiger partial charge in [0.2, 0.25) is 11.8 Å². The summed E-state index contributed by atoms with van der Waals surface area (Å²) in [4.78, 5) is 34.6. The average molecular weight is 436 g/mol. The first-order valence-electron chi connectivity index (χ1n) is 10.8. The number of carbonyl (C=O) groups excluding carboxylic acids is 2. The topological polar surface area (TPSA) is 62.7 Å². The van der Waals surface area contributed by atoms with Gasteiger partial charge >= 0.3 is 0 Å². The number of amides is 2. The van der Waals surface area contributed by atoms with Crippen molar-refractivity contribution in [2.45, 2.75) is 32.2 Å². The predicted octanol–water partition coefficient (Wildman–Crippen LogP) is 4.41. The number of anilines is 1. The standard InChI is InChI=1S/C24H25N3O3S/c1-2-30-18-11-9-17(10-12-18)27-15-16(14-22(27)28)24(29)26-13-5-7-20(26)23-25-19-6-3-4-8-21(19)31-23/h3-4,6,8-12,16,20H,2,5,7,13-15H2,1H3/t16-,20+/m0/s1. The molecule has 7 heteroatoms. The van der Waals surface area contributed by atoms with Crippen molar-refractivity contribution < 1.29 is 14.3 Å². The molecular formula is C24H25N3O3S. The van der Waals surface area contributed by atoms with Gasteiger partial charge in [-0.15, -0.1) is 11.3 Å². The van der Waals surface area contributed by atoms with Crippen LogP contribution in [0, 0.1) is 5.92 Å². The highest BCUT2D eigenvalue weighted by Gasteiger charge is 2.41. The molecule has 0 N–H and O–H groups in total. The number of hydrogen-bond donors (Lipinski definition) is 0. The van der Waals surface area contributed by atoms with Crippen molar-refractivity contribution >= 4 is 39.1 Å². The summed E-state index contributed by atoms with van der Waals surface area (Å²) in [6.07, 6.45) is 2.15. The van der Waals surface area contributed by atoms with Crippen LogP contribution in [0.1, 0.15) is 37.2 Å². The summed E-state index contributed by atoms with van der Waals surface area (Å²) < 4.78 is 6.63. The van der Waals surface area contributed by atoms with Crippen LogP contribution in [0.2, 0.25) is 0 Å². The van der Waals surface area contributed by atoms with Gasteiger partial charge in [0.25, 0.3) is 0 Å². The lowest BCUT2D eigenvalue weighted by atomic mass is 10.1. The quantitative estimate of drug-likeness (QED) is 0.596. The largest absolute Gasteiger partial charge is 0.494 e. The molecular weight excluding hydrogens is 410 g/mol. The SMILES string of the molecule is CCOc1ccc(N2C[C@@H](C(=O)N3CCC[C@@H]3c3nc4ccccc4s3)CC2=O)cc1. The number of aromatic nitrogens is 1. The van der Waals surface area contributed by atoms with Gasteiger partial charge in [0, 0.05) is 25.2 Å². The van der Waals surface area contributed by atoms with Crippen molar-refractivity contribution in [2.24, 2.45) is 5.92 Å². The summed E-state index contributed by atoms with van der Waals surface area (Å²) in [6, 6.07) is 15.6. The molecule has 2 amide bonds. The third-order valence-corrected chi connectivity index (χ3v) is 7.20. The average Bonchev–Trinajstić information content (AvgIpc) is 3.51. The van der Waals surface area contributed by atoms with Crippen molar-refractivity contribution in [1.82, 2.24) is 9.88 Å². The fourth-order valence-electron chi connectivity index (χ4n) is 4.57. The maximum atomic E-state index is 13.4. The summed E-state index contributed by atoms with van der Waals surface area (Å²) in [7, 11) is 0. The van der Waals surface area contributed by atoms with Crippen molar-refractivity contribution in [2.75, 3.05) is 24.6 Å². The summed E-state index contributed by atoms with van der Waals surface area (Å²) in [5.41, 5.74) is 1.80. The van der Waals surface area contributed by atoms with Gasteiger partial charge in [-0.1, -0.05) is 12.1 Å². The molecule has 2 atom stereocenters. The smallest absolute Gasteiger partial charge is 0.228 e. The van der Waals surface area contributed by atoms with E-state index in [0.29, 0.717) is 13.2 Å². The molecule has 2 aromatic carbocycles. The Morgan fingerprint density at radius 3 is 2.77 bits per heavy atom. The van der Waals surface area contributed by atoms with E-state index in [9.17, 15) is 9.59 Å². The highest BCUT2D eigenvalue weighted by atomic mass is 32.1. The van der Waals surface area contributed by atoms with Crippen LogP contribution in [0.4, 0.5) is 5.69 Å². The van der Waals surface area contributed by atoms with Gasteiger partial charge in [-0.3, -0.25) is 9.59 Å². The normalized spacial score (nSPS) is 21.3. The summed E-state index contributed by atoms with van der Waals surface area (Å²) in [5.74, 6) is 0.539. The zero-order valence-electron chi connectivity index (χ0n) is 17.5. The van der Waals surface area contributed by atoms with Crippen LogP contribution < -0.4 is 9.64 Å². The molecule has 2 saturated heterocycles. The van der Waals surface area contributed by atoms with Crippen LogP contribution in [0.15, 0.2) is 48.5 Å². The van der Waals surface area contributed by atoms with E-state index in [1.165, 1.54) is 0 Å². The van der Waals surface area contributed by atoms with Gasteiger partial charge in [-0.2, -0.15) is 0 Å². The number of fused-ring (bicyclic) bond motifs is 1. The lowest BCUT2D eigenvalue weighted by molar-refractivity contribution is -0.136. The lowest BCUT2D eigenvalue weighted by Gasteiger charge is -2.26. The van der Waals surface area contributed by atoms with Crippen molar-refractivity contribution in [3.63, 3.8) is 0 Å². The maximum Gasteiger partial charge on any atom is 0.228 e. The number of rotatable bonds is 5. The number of benzene rings is 2. The summed E-state index contributed by atoms with van der Waals surface area (Å²) in [5, 5.41) is 1.000. The highest BCUT2D eigenvalue weighted by Crippen LogP contribution is 2.38. The van der Waals surface area contributed by atoms with E-state index in [2.05, 4.69) is 6.07 Å². The number of thiazole rings is 1. The molecule has 5 rings (SSSR count). The van der Waals surface area contributed by atoms with Gasteiger partial charge in [0.15, 0.2) is 0 Å². The van der Waals surface area contributed by atoms with E-state index in [0.717, 1.165) is 46.0 Å². The molecule has 0 unspecified atom stereocenters. The zero-order valence-corrected chi connectivity index (χ0v) is 18.3. The molecule has 0 spiro atoms. The Bertz CT molecular complexity index is 1080. The number of para-hydroxylation sites is 1. The van der Waals surface area contributed by atoms with Crippen LogP contribution in [0.25, 0.3) is 10.2 Å². The second kappa shape index (κ2) is 8.30. The van der Waals surface area contributed by atoms with Gasteiger partial charge in [0.1, 0.15) is 10.8 Å². The molecule has 2 fully saturated rings. The van der Waals surface area contributed by atoms with E-state index in [1.807, 2.05) is 54.3 Å². The molecule has 0 bridgehead atoms. The second-order valence-electron chi connectivity index (χ2n) is 8.04. The predicted molar refractivity (Wildman–Crippen MR) is 121 cm³/mol. The molecule has 3 heterocycles. The molecule has 31 heavy (non-hydrogen) atoms. The molecule has 2 aliphatic heterocycles. The molecule has 0 aliphatic carbocycles. The van der Waals surface area contributed by atoms with E-state index in [-0.39, 0.29) is 30.2 Å². The molecule has 1 aromatic heterocycles. The fraction of sp³-hybridized carbons (Fsp3) is 0.375. The van der Waals surface area contributed by atoms with Gasteiger partial charge in [-0.05, 0) is 56.2 Å². The Hall–Kier alpha value is -2.93.